The topological polar surface area (TPSA) is 48.5 Å². The van der Waals surface area contributed by atoms with Crippen molar-refractivity contribution < 1.29 is 0 Å². The molecule has 2 heterocycles. The fraction of sp³-hybridized carbons (Fsp3) is 0.667. The molecule has 1 aliphatic rings. The summed E-state index contributed by atoms with van der Waals surface area (Å²) < 4.78 is 4.33. The van der Waals surface area contributed by atoms with E-state index in [0.717, 1.165) is 29.2 Å². The molecule has 2 atom stereocenters. The first-order valence-corrected chi connectivity index (χ1v) is 8.74. The summed E-state index contributed by atoms with van der Waals surface area (Å²) >= 11 is 1.79. The van der Waals surface area contributed by atoms with Crippen LogP contribution < -0.4 is 0 Å². The minimum Gasteiger partial charge on any atom is -0.303 e. The lowest BCUT2D eigenvalue weighted by Gasteiger charge is -2.29. The Bertz CT molecular complexity index is 563. The predicted molar refractivity (Wildman–Crippen MR) is 84.4 cm³/mol. The van der Waals surface area contributed by atoms with Gasteiger partial charge in [-0.25, -0.2) is 0 Å². The van der Waals surface area contributed by atoms with E-state index in [1.807, 2.05) is 23.1 Å². The Morgan fingerprint density at radius 1 is 1.33 bits per heavy atom. The van der Waals surface area contributed by atoms with Crippen molar-refractivity contribution in [2.45, 2.75) is 57.3 Å². The van der Waals surface area contributed by atoms with Crippen LogP contribution in [-0.2, 0) is 6.54 Å². The predicted octanol–water partition coefficient (Wildman–Crippen LogP) is 3.33. The highest BCUT2D eigenvalue weighted by Crippen LogP contribution is 2.35. The molecule has 0 saturated heterocycles. The molecule has 1 saturated carbocycles. The van der Waals surface area contributed by atoms with Crippen molar-refractivity contribution in [3.8, 4) is 0 Å². The zero-order chi connectivity index (χ0) is 14.7. The third kappa shape index (κ3) is 3.48. The third-order valence-corrected chi connectivity index (χ3v) is 5.14. The Labute approximate surface area is 130 Å². The fourth-order valence-electron chi connectivity index (χ4n) is 3.17. The van der Waals surface area contributed by atoms with Gasteiger partial charge in [0, 0.05) is 24.2 Å². The first-order valence-electron chi connectivity index (χ1n) is 7.76. The number of rotatable bonds is 5. The highest BCUT2D eigenvalue weighted by Gasteiger charge is 2.24. The van der Waals surface area contributed by atoms with Gasteiger partial charge in [0.1, 0.15) is 5.82 Å². The van der Waals surface area contributed by atoms with Crippen molar-refractivity contribution in [3.05, 3.63) is 24.3 Å². The minimum absolute atomic E-state index is 0.580. The maximum Gasteiger partial charge on any atom is 0.191 e. The van der Waals surface area contributed by atoms with Crippen LogP contribution >= 0.6 is 11.8 Å². The van der Waals surface area contributed by atoms with E-state index in [-0.39, 0.29) is 0 Å². The standard InChI is InChI=1S/C15H23N5S/c1-12-5-3-6-14(11-12)20-13(2)17-18-15(20)21-10-9-19-8-4-7-16-19/h4,7-8,12,14H,3,5-6,9-11H2,1-2H3/t12-,14-/m0/s1. The summed E-state index contributed by atoms with van der Waals surface area (Å²) in [4.78, 5) is 0. The highest BCUT2D eigenvalue weighted by atomic mass is 32.2. The van der Waals surface area contributed by atoms with Crippen molar-refractivity contribution in [1.29, 1.82) is 0 Å². The molecule has 0 N–H and O–H groups in total. The van der Waals surface area contributed by atoms with E-state index < -0.39 is 0 Å². The van der Waals surface area contributed by atoms with E-state index >= 15 is 0 Å². The first-order chi connectivity index (χ1) is 10.2. The molecule has 0 aliphatic heterocycles. The van der Waals surface area contributed by atoms with E-state index in [2.05, 4.69) is 33.7 Å². The summed E-state index contributed by atoms with van der Waals surface area (Å²) in [6, 6.07) is 2.54. The molecule has 5 nitrogen and oxygen atoms in total. The molecule has 0 unspecified atom stereocenters. The number of nitrogens with zero attached hydrogens (tertiary/aromatic N) is 5. The number of hydrogen-bond donors (Lipinski definition) is 0. The zero-order valence-corrected chi connectivity index (χ0v) is 13.6. The molecule has 3 rings (SSSR count). The molecule has 0 bridgehead atoms. The van der Waals surface area contributed by atoms with E-state index in [4.69, 9.17) is 0 Å². The smallest absolute Gasteiger partial charge is 0.191 e. The second kappa shape index (κ2) is 6.64. The maximum absolute atomic E-state index is 4.38. The van der Waals surface area contributed by atoms with E-state index in [9.17, 15) is 0 Å². The van der Waals surface area contributed by atoms with Gasteiger partial charge in [0.15, 0.2) is 5.16 Å². The normalized spacial score (nSPS) is 22.6. The van der Waals surface area contributed by atoms with Crippen molar-refractivity contribution in [1.82, 2.24) is 24.5 Å². The molecule has 0 spiro atoms. The largest absolute Gasteiger partial charge is 0.303 e. The van der Waals surface area contributed by atoms with Crippen LogP contribution in [0.4, 0.5) is 0 Å². The van der Waals surface area contributed by atoms with E-state index in [1.165, 1.54) is 25.7 Å². The van der Waals surface area contributed by atoms with Crippen LogP contribution in [0.25, 0.3) is 0 Å². The molecular formula is C15H23N5S. The summed E-state index contributed by atoms with van der Waals surface area (Å²) in [6.45, 7) is 5.34. The quantitative estimate of drug-likeness (QED) is 0.795. The van der Waals surface area contributed by atoms with Crippen molar-refractivity contribution in [2.75, 3.05) is 5.75 Å². The van der Waals surface area contributed by atoms with Gasteiger partial charge in [-0.15, -0.1) is 10.2 Å². The van der Waals surface area contributed by atoms with E-state index in [1.54, 1.807) is 11.8 Å². The van der Waals surface area contributed by atoms with Gasteiger partial charge < -0.3 is 4.57 Å². The average Bonchev–Trinajstić information content (AvgIpc) is 3.09. The molecule has 1 aliphatic carbocycles. The minimum atomic E-state index is 0.580. The second-order valence-electron chi connectivity index (χ2n) is 5.94. The Morgan fingerprint density at radius 3 is 3.00 bits per heavy atom. The first kappa shape index (κ1) is 14.6. The Morgan fingerprint density at radius 2 is 2.24 bits per heavy atom. The monoisotopic (exact) mass is 305 g/mol. The van der Waals surface area contributed by atoms with Crippen LogP contribution in [0.3, 0.4) is 0 Å². The van der Waals surface area contributed by atoms with Gasteiger partial charge in [-0.2, -0.15) is 5.10 Å². The average molecular weight is 305 g/mol. The SMILES string of the molecule is Cc1nnc(SCCn2cccn2)n1[C@H]1CCC[C@H](C)C1. The van der Waals surface area contributed by atoms with Gasteiger partial charge in [-0.1, -0.05) is 31.5 Å². The van der Waals surface area contributed by atoms with Gasteiger partial charge in [-0.05, 0) is 31.7 Å². The van der Waals surface area contributed by atoms with Crippen LogP contribution in [0.2, 0.25) is 0 Å². The molecule has 2 aromatic heterocycles. The summed E-state index contributed by atoms with van der Waals surface area (Å²) in [5.74, 6) is 2.84. The lowest BCUT2D eigenvalue weighted by atomic mass is 9.87. The highest BCUT2D eigenvalue weighted by molar-refractivity contribution is 7.99. The molecule has 114 valence electrons. The Hall–Kier alpha value is -1.30. The third-order valence-electron chi connectivity index (χ3n) is 4.22. The van der Waals surface area contributed by atoms with Gasteiger partial charge in [0.05, 0.1) is 6.54 Å². The van der Waals surface area contributed by atoms with Crippen LogP contribution in [0, 0.1) is 12.8 Å². The molecule has 1 fully saturated rings. The Balaban J connectivity index is 1.65. The van der Waals surface area contributed by atoms with Gasteiger partial charge in [0.25, 0.3) is 0 Å². The number of thioether (sulfide) groups is 1. The summed E-state index contributed by atoms with van der Waals surface area (Å²) in [7, 11) is 0. The fourth-order valence-corrected chi connectivity index (χ4v) is 4.15. The summed E-state index contributed by atoms with van der Waals surface area (Å²) in [5.41, 5.74) is 0. The molecule has 2 aromatic rings. The van der Waals surface area contributed by atoms with Gasteiger partial charge in [-0.3, -0.25) is 4.68 Å². The van der Waals surface area contributed by atoms with E-state index in [0.29, 0.717) is 6.04 Å². The molecule has 6 heteroatoms. The molecule has 0 amide bonds. The summed E-state index contributed by atoms with van der Waals surface area (Å²) in [5, 5.41) is 14.0. The maximum atomic E-state index is 4.38. The molecule has 0 radical (unpaired) electrons. The van der Waals surface area contributed by atoms with Crippen molar-refractivity contribution in [3.63, 3.8) is 0 Å². The number of aryl methyl sites for hydroxylation is 2. The summed E-state index contributed by atoms with van der Waals surface area (Å²) in [6.07, 6.45) is 9.02. The van der Waals surface area contributed by atoms with Gasteiger partial charge >= 0.3 is 0 Å². The molecular weight excluding hydrogens is 282 g/mol. The lowest BCUT2D eigenvalue weighted by molar-refractivity contribution is 0.268. The van der Waals surface area contributed by atoms with Crippen molar-refractivity contribution >= 4 is 11.8 Å². The van der Waals surface area contributed by atoms with Crippen LogP contribution in [0.5, 0.6) is 0 Å². The zero-order valence-electron chi connectivity index (χ0n) is 12.8. The van der Waals surface area contributed by atoms with Gasteiger partial charge in [0.2, 0.25) is 0 Å². The van der Waals surface area contributed by atoms with Crippen molar-refractivity contribution in [2.24, 2.45) is 5.92 Å². The van der Waals surface area contributed by atoms with Crippen LogP contribution in [0.15, 0.2) is 23.6 Å². The molecule has 0 aromatic carbocycles. The molecule has 21 heavy (non-hydrogen) atoms. The lowest BCUT2D eigenvalue weighted by Crippen LogP contribution is -2.19. The second-order valence-corrected chi connectivity index (χ2v) is 7.01. The number of hydrogen-bond acceptors (Lipinski definition) is 4. The van der Waals surface area contributed by atoms with Crippen LogP contribution in [-0.4, -0.2) is 30.3 Å². The van der Waals surface area contributed by atoms with Crippen LogP contribution in [0.1, 0.15) is 44.5 Å². The Kier molecular flexibility index (Phi) is 4.63. The number of aromatic nitrogens is 5.